The molecular formula is C20H27NO. The Hall–Kier alpha value is -1.80. The van der Waals surface area contributed by atoms with Crippen molar-refractivity contribution in [2.45, 2.75) is 45.1 Å². The van der Waals surface area contributed by atoms with E-state index in [0.29, 0.717) is 0 Å². The summed E-state index contributed by atoms with van der Waals surface area (Å²) in [5, 5.41) is 0. The first-order chi connectivity index (χ1) is 10.4. The zero-order valence-corrected chi connectivity index (χ0v) is 14.1. The van der Waals surface area contributed by atoms with Gasteiger partial charge in [-0.05, 0) is 41.0 Å². The summed E-state index contributed by atoms with van der Waals surface area (Å²) in [5.41, 5.74) is 10.3. The molecule has 0 amide bonds. The standard InChI is InChI=1S/C20H27NO/c1-20(2,3)17-11-9-15(10-12-17)13-18(21)14-16-7-5-6-8-19(16)22-4/h5-12,18H,13-14,21H2,1-4H3. The van der Waals surface area contributed by atoms with Gasteiger partial charge < -0.3 is 10.5 Å². The van der Waals surface area contributed by atoms with Crippen molar-refractivity contribution < 1.29 is 4.74 Å². The van der Waals surface area contributed by atoms with Gasteiger partial charge >= 0.3 is 0 Å². The normalized spacial score (nSPS) is 13.0. The highest BCUT2D eigenvalue weighted by molar-refractivity contribution is 5.34. The molecule has 0 heterocycles. The number of nitrogens with two attached hydrogens (primary N) is 1. The summed E-state index contributed by atoms with van der Waals surface area (Å²) in [6, 6.07) is 17.0. The van der Waals surface area contributed by atoms with E-state index in [1.807, 2.05) is 18.2 Å². The minimum absolute atomic E-state index is 0.0942. The van der Waals surface area contributed by atoms with E-state index < -0.39 is 0 Å². The first-order valence-electron chi connectivity index (χ1n) is 7.87. The van der Waals surface area contributed by atoms with Crippen molar-refractivity contribution in [1.29, 1.82) is 0 Å². The molecule has 1 unspecified atom stereocenters. The van der Waals surface area contributed by atoms with Crippen LogP contribution in [-0.4, -0.2) is 13.2 Å². The SMILES string of the molecule is COc1ccccc1CC(N)Cc1ccc(C(C)(C)C)cc1. The van der Waals surface area contributed by atoms with Crippen LogP contribution in [0.2, 0.25) is 0 Å². The summed E-state index contributed by atoms with van der Waals surface area (Å²) in [6.45, 7) is 6.69. The average molecular weight is 297 g/mol. The van der Waals surface area contributed by atoms with Crippen LogP contribution in [-0.2, 0) is 18.3 Å². The van der Waals surface area contributed by atoms with Gasteiger partial charge in [0.2, 0.25) is 0 Å². The third kappa shape index (κ3) is 4.35. The maximum Gasteiger partial charge on any atom is 0.122 e. The zero-order valence-electron chi connectivity index (χ0n) is 14.1. The lowest BCUT2D eigenvalue weighted by atomic mass is 9.86. The monoisotopic (exact) mass is 297 g/mol. The van der Waals surface area contributed by atoms with Crippen LogP contribution in [0.4, 0.5) is 0 Å². The van der Waals surface area contributed by atoms with Gasteiger partial charge in [-0.2, -0.15) is 0 Å². The van der Waals surface area contributed by atoms with E-state index in [2.05, 4.69) is 51.1 Å². The molecule has 0 aliphatic carbocycles. The number of benzene rings is 2. The smallest absolute Gasteiger partial charge is 0.122 e. The van der Waals surface area contributed by atoms with Gasteiger partial charge in [0.1, 0.15) is 5.75 Å². The largest absolute Gasteiger partial charge is 0.496 e. The lowest BCUT2D eigenvalue weighted by Gasteiger charge is -2.20. The minimum atomic E-state index is 0.0942. The molecule has 0 aliphatic heterocycles. The molecule has 2 aromatic rings. The molecule has 0 saturated heterocycles. The predicted molar refractivity (Wildman–Crippen MR) is 93.5 cm³/mol. The van der Waals surface area contributed by atoms with Gasteiger partial charge in [-0.25, -0.2) is 0 Å². The van der Waals surface area contributed by atoms with E-state index >= 15 is 0 Å². The molecule has 2 aromatic carbocycles. The Morgan fingerprint density at radius 1 is 0.955 bits per heavy atom. The van der Waals surface area contributed by atoms with Gasteiger partial charge in [-0.1, -0.05) is 63.2 Å². The van der Waals surface area contributed by atoms with Gasteiger partial charge in [-0.15, -0.1) is 0 Å². The molecule has 0 fully saturated rings. The fourth-order valence-corrected chi connectivity index (χ4v) is 2.67. The quantitative estimate of drug-likeness (QED) is 0.901. The van der Waals surface area contributed by atoms with Crippen molar-refractivity contribution in [3.05, 3.63) is 65.2 Å². The van der Waals surface area contributed by atoms with Gasteiger partial charge in [0.05, 0.1) is 7.11 Å². The minimum Gasteiger partial charge on any atom is -0.496 e. The Labute approximate surface area is 134 Å². The second-order valence-electron chi connectivity index (χ2n) is 6.93. The Morgan fingerprint density at radius 2 is 1.59 bits per heavy atom. The molecular weight excluding hydrogens is 270 g/mol. The average Bonchev–Trinajstić information content (AvgIpc) is 2.47. The second-order valence-corrected chi connectivity index (χ2v) is 6.93. The van der Waals surface area contributed by atoms with Crippen molar-refractivity contribution in [3.8, 4) is 5.75 Å². The molecule has 0 aromatic heterocycles. The van der Waals surface area contributed by atoms with Crippen molar-refractivity contribution in [1.82, 2.24) is 0 Å². The van der Waals surface area contributed by atoms with Crippen LogP contribution in [0.5, 0.6) is 5.75 Å². The Bertz CT molecular complexity index is 596. The molecule has 0 radical (unpaired) electrons. The third-order valence-corrected chi connectivity index (χ3v) is 3.99. The summed E-state index contributed by atoms with van der Waals surface area (Å²) in [6.07, 6.45) is 1.70. The van der Waals surface area contributed by atoms with E-state index in [1.54, 1.807) is 7.11 Å². The summed E-state index contributed by atoms with van der Waals surface area (Å²) < 4.78 is 5.39. The topological polar surface area (TPSA) is 35.2 Å². The van der Waals surface area contributed by atoms with Crippen LogP contribution in [0.3, 0.4) is 0 Å². The summed E-state index contributed by atoms with van der Waals surface area (Å²) in [7, 11) is 1.70. The second kappa shape index (κ2) is 6.97. The molecule has 2 rings (SSSR count). The number of methoxy groups -OCH3 is 1. The highest BCUT2D eigenvalue weighted by Gasteiger charge is 2.14. The molecule has 0 spiro atoms. The van der Waals surface area contributed by atoms with Crippen molar-refractivity contribution >= 4 is 0 Å². The van der Waals surface area contributed by atoms with Gasteiger partial charge in [-0.3, -0.25) is 0 Å². The predicted octanol–water partition coefficient (Wildman–Crippen LogP) is 4.11. The van der Waals surface area contributed by atoms with Crippen LogP contribution >= 0.6 is 0 Å². The van der Waals surface area contributed by atoms with Gasteiger partial charge in [0.15, 0.2) is 0 Å². The van der Waals surface area contributed by atoms with Gasteiger partial charge in [0, 0.05) is 6.04 Å². The molecule has 118 valence electrons. The number of hydrogen-bond acceptors (Lipinski definition) is 2. The van der Waals surface area contributed by atoms with E-state index in [-0.39, 0.29) is 11.5 Å². The van der Waals surface area contributed by atoms with E-state index in [0.717, 1.165) is 18.6 Å². The Kier molecular flexibility index (Phi) is 5.25. The molecule has 0 bridgehead atoms. The van der Waals surface area contributed by atoms with Crippen LogP contribution in [0.1, 0.15) is 37.5 Å². The fourth-order valence-electron chi connectivity index (χ4n) is 2.67. The van der Waals surface area contributed by atoms with Crippen LogP contribution < -0.4 is 10.5 Å². The molecule has 0 saturated carbocycles. The van der Waals surface area contributed by atoms with Crippen molar-refractivity contribution in [3.63, 3.8) is 0 Å². The number of ether oxygens (including phenoxy) is 1. The summed E-state index contributed by atoms with van der Waals surface area (Å²) in [4.78, 5) is 0. The Morgan fingerprint density at radius 3 is 2.18 bits per heavy atom. The van der Waals surface area contributed by atoms with Crippen molar-refractivity contribution in [2.24, 2.45) is 5.73 Å². The molecule has 2 N–H and O–H groups in total. The molecule has 22 heavy (non-hydrogen) atoms. The van der Waals surface area contributed by atoms with E-state index in [9.17, 15) is 0 Å². The number of hydrogen-bond donors (Lipinski definition) is 1. The maximum absolute atomic E-state index is 6.33. The highest BCUT2D eigenvalue weighted by Crippen LogP contribution is 2.23. The zero-order chi connectivity index (χ0) is 16.2. The molecule has 1 atom stereocenters. The van der Waals surface area contributed by atoms with E-state index in [1.165, 1.54) is 16.7 Å². The van der Waals surface area contributed by atoms with Crippen molar-refractivity contribution in [2.75, 3.05) is 7.11 Å². The van der Waals surface area contributed by atoms with E-state index in [4.69, 9.17) is 10.5 Å². The first kappa shape index (κ1) is 16.6. The number of para-hydroxylation sites is 1. The van der Waals surface area contributed by atoms with Crippen LogP contribution in [0.15, 0.2) is 48.5 Å². The molecule has 2 heteroatoms. The highest BCUT2D eigenvalue weighted by atomic mass is 16.5. The summed E-state index contributed by atoms with van der Waals surface area (Å²) >= 11 is 0. The molecule has 0 aliphatic rings. The fraction of sp³-hybridized carbons (Fsp3) is 0.400. The van der Waals surface area contributed by atoms with Crippen LogP contribution in [0.25, 0.3) is 0 Å². The lowest BCUT2D eigenvalue weighted by molar-refractivity contribution is 0.408. The lowest BCUT2D eigenvalue weighted by Crippen LogP contribution is -2.25. The molecule has 2 nitrogen and oxygen atoms in total. The van der Waals surface area contributed by atoms with Crippen LogP contribution in [0, 0.1) is 0 Å². The third-order valence-electron chi connectivity index (χ3n) is 3.99. The first-order valence-corrected chi connectivity index (χ1v) is 7.87. The summed E-state index contributed by atoms with van der Waals surface area (Å²) in [5.74, 6) is 0.918. The van der Waals surface area contributed by atoms with Gasteiger partial charge in [0.25, 0.3) is 0 Å². The maximum atomic E-state index is 6.33. The Balaban J connectivity index is 2.01. The number of rotatable bonds is 5.